The van der Waals surface area contributed by atoms with E-state index in [1.54, 1.807) is 19.2 Å². The molecule has 1 aliphatic rings. The molecular formula is C13H19NO3. The molecule has 0 spiro atoms. The molecule has 1 saturated heterocycles. The summed E-state index contributed by atoms with van der Waals surface area (Å²) >= 11 is 0. The molecule has 0 bridgehead atoms. The van der Waals surface area contributed by atoms with Crippen LogP contribution in [0, 0.1) is 0 Å². The second-order valence-electron chi connectivity index (χ2n) is 4.21. The Labute approximate surface area is 102 Å². The molecule has 4 heteroatoms. The molecule has 1 fully saturated rings. The van der Waals surface area contributed by atoms with E-state index in [2.05, 4.69) is 0 Å². The zero-order valence-corrected chi connectivity index (χ0v) is 10.1. The van der Waals surface area contributed by atoms with E-state index in [9.17, 15) is 0 Å². The van der Waals surface area contributed by atoms with Crippen molar-refractivity contribution in [2.24, 2.45) is 0 Å². The van der Waals surface area contributed by atoms with E-state index in [4.69, 9.17) is 19.9 Å². The molecule has 2 N–H and O–H groups in total. The van der Waals surface area contributed by atoms with Gasteiger partial charge in [-0.15, -0.1) is 0 Å². The number of rotatable bonds is 4. The van der Waals surface area contributed by atoms with Crippen molar-refractivity contribution in [2.45, 2.75) is 25.4 Å². The maximum Gasteiger partial charge on any atom is 0.163 e. The van der Waals surface area contributed by atoms with E-state index in [0.717, 1.165) is 19.4 Å². The van der Waals surface area contributed by atoms with Crippen molar-refractivity contribution in [1.82, 2.24) is 0 Å². The first-order valence-corrected chi connectivity index (χ1v) is 5.97. The molecule has 0 amide bonds. The number of ether oxygens (including phenoxy) is 3. The van der Waals surface area contributed by atoms with Crippen molar-refractivity contribution in [1.29, 1.82) is 0 Å². The Balaban J connectivity index is 1.95. The quantitative estimate of drug-likeness (QED) is 0.816. The predicted molar refractivity (Wildman–Crippen MR) is 66.5 cm³/mol. The standard InChI is InChI=1S/C13H19NO3/c1-15-12-6-5-10(14)8-13(12)17-9-11-4-2-3-7-16-11/h5-6,8,11H,2-4,7,9,14H2,1H3. The third-order valence-electron chi connectivity index (χ3n) is 2.89. The molecule has 1 aliphatic heterocycles. The number of hydrogen-bond donors (Lipinski definition) is 1. The number of hydrogen-bond acceptors (Lipinski definition) is 4. The average molecular weight is 237 g/mol. The van der Waals surface area contributed by atoms with Crippen molar-refractivity contribution >= 4 is 5.69 Å². The molecule has 0 radical (unpaired) electrons. The lowest BCUT2D eigenvalue weighted by molar-refractivity contribution is -0.0114. The van der Waals surface area contributed by atoms with Crippen LogP contribution in [-0.2, 0) is 4.74 Å². The van der Waals surface area contributed by atoms with Gasteiger partial charge in [-0.2, -0.15) is 0 Å². The van der Waals surface area contributed by atoms with Crippen LogP contribution >= 0.6 is 0 Å². The lowest BCUT2D eigenvalue weighted by Gasteiger charge is -2.23. The van der Waals surface area contributed by atoms with E-state index < -0.39 is 0 Å². The molecule has 1 atom stereocenters. The molecule has 94 valence electrons. The van der Waals surface area contributed by atoms with E-state index in [0.29, 0.717) is 23.8 Å². The van der Waals surface area contributed by atoms with E-state index in [-0.39, 0.29) is 6.10 Å². The van der Waals surface area contributed by atoms with E-state index in [1.807, 2.05) is 6.07 Å². The average Bonchev–Trinajstić information content (AvgIpc) is 2.38. The van der Waals surface area contributed by atoms with Crippen molar-refractivity contribution < 1.29 is 14.2 Å². The van der Waals surface area contributed by atoms with Crippen molar-refractivity contribution in [2.75, 3.05) is 26.1 Å². The van der Waals surface area contributed by atoms with Crippen LogP contribution in [-0.4, -0.2) is 26.4 Å². The highest BCUT2D eigenvalue weighted by Crippen LogP contribution is 2.29. The van der Waals surface area contributed by atoms with Gasteiger partial charge >= 0.3 is 0 Å². The summed E-state index contributed by atoms with van der Waals surface area (Å²) in [5.41, 5.74) is 6.40. The SMILES string of the molecule is COc1ccc(N)cc1OCC1CCCCO1. The predicted octanol–water partition coefficient (Wildman–Crippen LogP) is 2.23. The topological polar surface area (TPSA) is 53.7 Å². The van der Waals surface area contributed by atoms with Gasteiger partial charge in [-0.25, -0.2) is 0 Å². The minimum atomic E-state index is 0.190. The first-order chi connectivity index (χ1) is 8.29. The van der Waals surface area contributed by atoms with Crippen LogP contribution in [0.25, 0.3) is 0 Å². The zero-order chi connectivity index (χ0) is 12.1. The molecular weight excluding hydrogens is 218 g/mol. The highest BCUT2D eigenvalue weighted by Gasteiger charge is 2.15. The molecule has 1 heterocycles. The van der Waals surface area contributed by atoms with Gasteiger partial charge in [0.15, 0.2) is 11.5 Å². The van der Waals surface area contributed by atoms with Gasteiger partial charge in [-0.1, -0.05) is 0 Å². The fraction of sp³-hybridized carbons (Fsp3) is 0.538. The summed E-state index contributed by atoms with van der Waals surface area (Å²) in [6.45, 7) is 1.39. The Morgan fingerprint density at radius 3 is 2.94 bits per heavy atom. The number of benzene rings is 1. The van der Waals surface area contributed by atoms with Crippen LogP contribution in [0.5, 0.6) is 11.5 Å². The van der Waals surface area contributed by atoms with Gasteiger partial charge in [0.2, 0.25) is 0 Å². The molecule has 1 unspecified atom stereocenters. The Morgan fingerprint density at radius 1 is 1.35 bits per heavy atom. The molecule has 4 nitrogen and oxygen atoms in total. The summed E-state index contributed by atoms with van der Waals surface area (Å²) < 4.78 is 16.5. The Bertz CT molecular complexity index is 362. The normalized spacial score (nSPS) is 19.9. The number of nitrogen functional groups attached to an aromatic ring is 1. The summed E-state index contributed by atoms with van der Waals surface area (Å²) in [6, 6.07) is 5.39. The van der Waals surface area contributed by atoms with Crippen LogP contribution in [0.3, 0.4) is 0 Å². The molecule has 1 aromatic rings. The number of nitrogens with two attached hydrogens (primary N) is 1. The number of anilines is 1. The second kappa shape index (κ2) is 5.77. The lowest BCUT2D eigenvalue weighted by atomic mass is 10.1. The van der Waals surface area contributed by atoms with E-state index >= 15 is 0 Å². The van der Waals surface area contributed by atoms with Crippen LogP contribution in [0.2, 0.25) is 0 Å². The molecule has 2 rings (SSSR count). The van der Waals surface area contributed by atoms with Crippen molar-refractivity contribution in [3.63, 3.8) is 0 Å². The number of methoxy groups -OCH3 is 1. The van der Waals surface area contributed by atoms with Crippen LogP contribution in [0.1, 0.15) is 19.3 Å². The second-order valence-corrected chi connectivity index (χ2v) is 4.21. The summed E-state index contributed by atoms with van der Waals surface area (Å²) in [5.74, 6) is 1.39. The largest absolute Gasteiger partial charge is 0.493 e. The fourth-order valence-electron chi connectivity index (χ4n) is 1.93. The highest BCUT2D eigenvalue weighted by atomic mass is 16.5. The Hall–Kier alpha value is -1.42. The highest BCUT2D eigenvalue weighted by molar-refractivity contribution is 5.51. The maximum atomic E-state index is 5.72. The molecule has 17 heavy (non-hydrogen) atoms. The van der Waals surface area contributed by atoms with Crippen molar-refractivity contribution in [3.05, 3.63) is 18.2 Å². The van der Waals surface area contributed by atoms with Gasteiger partial charge in [-0.05, 0) is 31.4 Å². The van der Waals surface area contributed by atoms with Crippen LogP contribution in [0.15, 0.2) is 18.2 Å². The first-order valence-electron chi connectivity index (χ1n) is 5.97. The minimum Gasteiger partial charge on any atom is -0.493 e. The Kier molecular flexibility index (Phi) is 4.09. The summed E-state index contributed by atoms with van der Waals surface area (Å²) in [6.07, 6.45) is 3.61. The monoisotopic (exact) mass is 237 g/mol. The lowest BCUT2D eigenvalue weighted by Crippen LogP contribution is -2.25. The zero-order valence-electron chi connectivity index (χ0n) is 10.1. The third kappa shape index (κ3) is 3.27. The van der Waals surface area contributed by atoms with Gasteiger partial charge in [0.25, 0.3) is 0 Å². The van der Waals surface area contributed by atoms with Gasteiger partial charge < -0.3 is 19.9 Å². The van der Waals surface area contributed by atoms with Crippen molar-refractivity contribution in [3.8, 4) is 11.5 Å². The first kappa shape index (κ1) is 12.0. The summed E-state index contributed by atoms with van der Waals surface area (Å²) in [4.78, 5) is 0. The molecule has 0 saturated carbocycles. The summed E-state index contributed by atoms with van der Waals surface area (Å²) in [5, 5.41) is 0. The Morgan fingerprint density at radius 2 is 2.24 bits per heavy atom. The smallest absolute Gasteiger partial charge is 0.163 e. The fourth-order valence-corrected chi connectivity index (χ4v) is 1.93. The minimum absolute atomic E-state index is 0.190. The molecule has 0 aliphatic carbocycles. The molecule has 0 aromatic heterocycles. The maximum absolute atomic E-state index is 5.72. The summed E-state index contributed by atoms with van der Waals surface area (Å²) in [7, 11) is 1.62. The third-order valence-corrected chi connectivity index (χ3v) is 2.89. The van der Waals surface area contributed by atoms with Crippen LogP contribution in [0.4, 0.5) is 5.69 Å². The molecule has 1 aromatic carbocycles. The van der Waals surface area contributed by atoms with Gasteiger partial charge in [-0.3, -0.25) is 0 Å². The van der Waals surface area contributed by atoms with Crippen LogP contribution < -0.4 is 15.2 Å². The van der Waals surface area contributed by atoms with Gasteiger partial charge in [0.1, 0.15) is 6.61 Å². The van der Waals surface area contributed by atoms with E-state index in [1.165, 1.54) is 6.42 Å². The van der Waals surface area contributed by atoms with Gasteiger partial charge in [0, 0.05) is 18.4 Å². The van der Waals surface area contributed by atoms with Gasteiger partial charge in [0.05, 0.1) is 13.2 Å².